The third-order valence-electron chi connectivity index (χ3n) is 3.20. The molecule has 0 saturated carbocycles. The Labute approximate surface area is 128 Å². The first kappa shape index (κ1) is 15.1. The van der Waals surface area contributed by atoms with E-state index in [1.165, 1.54) is 0 Å². The highest BCUT2D eigenvalue weighted by molar-refractivity contribution is 6.42. The van der Waals surface area contributed by atoms with Crippen LogP contribution in [0.3, 0.4) is 0 Å². The summed E-state index contributed by atoms with van der Waals surface area (Å²) in [6.45, 7) is 1.99. The van der Waals surface area contributed by atoms with Crippen LogP contribution in [0.5, 0.6) is 5.75 Å². The molecule has 2 aromatic carbocycles. The van der Waals surface area contributed by atoms with Gasteiger partial charge in [-0.1, -0.05) is 41.4 Å². The minimum Gasteiger partial charge on any atom is -0.496 e. The molecule has 0 aliphatic carbocycles. The molecule has 20 heavy (non-hydrogen) atoms. The highest BCUT2D eigenvalue weighted by Crippen LogP contribution is 2.30. The number of ether oxygens (including phenoxy) is 1. The van der Waals surface area contributed by atoms with Crippen LogP contribution in [-0.2, 0) is 0 Å². The highest BCUT2D eigenvalue weighted by Gasteiger charge is 2.15. The van der Waals surface area contributed by atoms with Crippen molar-refractivity contribution in [3.63, 3.8) is 0 Å². The van der Waals surface area contributed by atoms with Gasteiger partial charge in [0.15, 0.2) is 0 Å². The van der Waals surface area contributed by atoms with Crippen LogP contribution in [0.4, 0.5) is 0 Å². The maximum absolute atomic E-state index is 6.06. The van der Waals surface area contributed by atoms with Crippen LogP contribution in [0.25, 0.3) is 0 Å². The van der Waals surface area contributed by atoms with E-state index in [1.54, 1.807) is 13.2 Å². The Bertz CT molecular complexity index is 617. The van der Waals surface area contributed by atoms with Crippen LogP contribution in [-0.4, -0.2) is 7.11 Å². The fourth-order valence-corrected chi connectivity index (χ4v) is 2.46. The molecular weight excluding hydrogens is 295 g/mol. The molecule has 3 N–H and O–H groups in total. The van der Waals surface area contributed by atoms with Crippen molar-refractivity contribution in [3.8, 4) is 5.75 Å². The van der Waals surface area contributed by atoms with Gasteiger partial charge in [-0.05, 0) is 41.8 Å². The van der Waals surface area contributed by atoms with Gasteiger partial charge in [-0.2, -0.15) is 0 Å². The van der Waals surface area contributed by atoms with E-state index in [1.807, 2.05) is 37.3 Å². The second kappa shape index (κ2) is 6.46. The van der Waals surface area contributed by atoms with E-state index in [0.717, 1.165) is 22.4 Å². The molecule has 2 rings (SSSR count). The van der Waals surface area contributed by atoms with E-state index in [9.17, 15) is 0 Å². The van der Waals surface area contributed by atoms with Crippen molar-refractivity contribution in [1.29, 1.82) is 0 Å². The molecule has 0 spiro atoms. The number of nitrogens with two attached hydrogens (primary N) is 1. The normalized spacial score (nSPS) is 12.2. The first-order chi connectivity index (χ1) is 9.56. The molecule has 0 bridgehead atoms. The Kier molecular flexibility index (Phi) is 4.89. The summed E-state index contributed by atoms with van der Waals surface area (Å²) in [5.41, 5.74) is 5.83. The molecule has 5 heteroatoms. The molecule has 0 aliphatic heterocycles. The third kappa shape index (κ3) is 3.07. The Balaban J connectivity index is 2.41. The monoisotopic (exact) mass is 310 g/mol. The van der Waals surface area contributed by atoms with E-state index < -0.39 is 0 Å². The van der Waals surface area contributed by atoms with Crippen molar-refractivity contribution in [2.24, 2.45) is 5.84 Å². The van der Waals surface area contributed by atoms with Gasteiger partial charge in [-0.3, -0.25) is 5.84 Å². The minimum absolute atomic E-state index is 0.158. The summed E-state index contributed by atoms with van der Waals surface area (Å²) in [5.74, 6) is 6.53. The number of nitrogens with one attached hydrogen (secondary N) is 1. The fraction of sp³-hybridized carbons (Fsp3) is 0.200. The molecule has 0 amide bonds. The Morgan fingerprint density at radius 1 is 1.05 bits per heavy atom. The molecule has 0 aromatic heterocycles. The topological polar surface area (TPSA) is 47.3 Å². The van der Waals surface area contributed by atoms with E-state index in [0.29, 0.717) is 10.0 Å². The van der Waals surface area contributed by atoms with Gasteiger partial charge < -0.3 is 4.74 Å². The first-order valence-electron chi connectivity index (χ1n) is 6.12. The average Bonchev–Trinajstić information content (AvgIpc) is 2.44. The van der Waals surface area contributed by atoms with Gasteiger partial charge in [0.2, 0.25) is 0 Å². The Morgan fingerprint density at radius 2 is 1.70 bits per heavy atom. The molecular formula is C15H16Cl2N2O. The highest BCUT2D eigenvalue weighted by atomic mass is 35.5. The number of hydrazine groups is 1. The summed E-state index contributed by atoms with van der Waals surface area (Å²) < 4.78 is 5.26. The van der Waals surface area contributed by atoms with Crippen LogP contribution >= 0.6 is 23.2 Å². The molecule has 1 atom stereocenters. The van der Waals surface area contributed by atoms with E-state index in [2.05, 4.69) is 5.43 Å². The zero-order chi connectivity index (χ0) is 14.7. The predicted molar refractivity (Wildman–Crippen MR) is 83.4 cm³/mol. The van der Waals surface area contributed by atoms with Gasteiger partial charge in [0.05, 0.1) is 23.2 Å². The Morgan fingerprint density at radius 3 is 2.25 bits per heavy atom. The summed E-state index contributed by atoms with van der Waals surface area (Å²) in [6.07, 6.45) is 0. The molecule has 0 radical (unpaired) electrons. The van der Waals surface area contributed by atoms with Crippen LogP contribution in [0.15, 0.2) is 36.4 Å². The second-order valence-electron chi connectivity index (χ2n) is 4.50. The maximum atomic E-state index is 6.06. The molecule has 106 valence electrons. The lowest BCUT2D eigenvalue weighted by Gasteiger charge is -2.19. The number of hydrogen-bond acceptors (Lipinski definition) is 3. The van der Waals surface area contributed by atoms with Crippen molar-refractivity contribution in [2.45, 2.75) is 13.0 Å². The fourth-order valence-electron chi connectivity index (χ4n) is 2.16. The molecule has 0 fully saturated rings. The SMILES string of the molecule is COc1ccc(C(NN)c2ccc(Cl)c(Cl)c2)cc1C. The summed E-state index contributed by atoms with van der Waals surface area (Å²) >= 11 is 12.0. The van der Waals surface area contributed by atoms with Gasteiger partial charge in [0, 0.05) is 0 Å². The van der Waals surface area contributed by atoms with Crippen LogP contribution in [0.1, 0.15) is 22.7 Å². The van der Waals surface area contributed by atoms with Crippen molar-refractivity contribution < 1.29 is 4.74 Å². The molecule has 0 saturated heterocycles. The lowest BCUT2D eigenvalue weighted by molar-refractivity contribution is 0.411. The maximum Gasteiger partial charge on any atom is 0.121 e. The second-order valence-corrected chi connectivity index (χ2v) is 5.32. The van der Waals surface area contributed by atoms with Crippen LogP contribution in [0.2, 0.25) is 10.0 Å². The van der Waals surface area contributed by atoms with Gasteiger partial charge in [-0.15, -0.1) is 0 Å². The van der Waals surface area contributed by atoms with E-state index in [4.69, 9.17) is 33.8 Å². The number of methoxy groups -OCH3 is 1. The number of benzene rings is 2. The van der Waals surface area contributed by atoms with Crippen molar-refractivity contribution in [1.82, 2.24) is 5.43 Å². The van der Waals surface area contributed by atoms with Crippen molar-refractivity contribution in [2.75, 3.05) is 7.11 Å². The zero-order valence-electron chi connectivity index (χ0n) is 11.3. The average molecular weight is 311 g/mol. The lowest BCUT2D eigenvalue weighted by atomic mass is 9.97. The van der Waals surface area contributed by atoms with E-state index >= 15 is 0 Å². The molecule has 0 aliphatic rings. The molecule has 3 nitrogen and oxygen atoms in total. The smallest absolute Gasteiger partial charge is 0.121 e. The van der Waals surface area contributed by atoms with Gasteiger partial charge in [0.25, 0.3) is 0 Å². The van der Waals surface area contributed by atoms with Crippen molar-refractivity contribution >= 4 is 23.2 Å². The summed E-state index contributed by atoms with van der Waals surface area (Å²) in [4.78, 5) is 0. The summed E-state index contributed by atoms with van der Waals surface area (Å²) in [7, 11) is 1.65. The summed E-state index contributed by atoms with van der Waals surface area (Å²) in [5, 5.41) is 1.03. The lowest BCUT2D eigenvalue weighted by Crippen LogP contribution is -2.28. The number of halogens is 2. The first-order valence-corrected chi connectivity index (χ1v) is 6.88. The van der Waals surface area contributed by atoms with Crippen LogP contribution in [0, 0.1) is 6.92 Å². The van der Waals surface area contributed by atoms with Crippen molar-refractivity contribution in [3.05, 3.63) is 63.1 Å². The van der Waals surface area contributed by atoms with Crippen LogP contribution < -0.4 is 16.0 Å². The molecule has 0 heterocycles. The minimum atomic E-state index is -0.158. The van der Waals surface area contributed by atoms with Gasteiger partial charge in [-0.25, -0.2) is 5.43 Å². The number of rotatable bonds is 4. The third-order valence-corrected chi connectivity index (χ3v) is 3.93. The van der Waals surface area contributed by atoms with Gasteiger partial charge in [0.1, 0.15) is 5.75 Å². The molecule has 1 unspecified atom stereocenters. The predicted octanol–water partition coefficient (Wildman–Crippen LogP) is 3.86. The largest absolute Gasteiger partial charge is 0.496 e. The summed E-state index contributed by atoms with van der Waals surface area (Å²) in [6, 6.07) is 11.2. The standard InChI is InChI=1S/C15H16Cl2N2O/c1-9-7-10(4-6-14(9)20-2)15(19-18)11-3-5-12(16)13(17)8-11/h3-8,15,19H,18H2,1-2H3. The van der Waals surface area contributed by atoms with Gasteiger partial charge >= 0.3 is 0 Å². The molecule has 2 aromatic rings. The number of hydrogen-bond donors (Lipinski definition) is 2. The number of aryl methyl sites for hydroxylation is 1. The quantitative estimate of drug-likeness (QED) is 0.666. The zero-order valence-corrected chi connectivity index (χ0v) is 12.8. The Hall–Kier alpha value is -1.26. The van der Waals surface area contributed by atoms with E-state index in [-0.39, 0.29) is 6.04 Å².